The highest BCUT2D eigenvalue weighted by Gasteiger charge is 2.29. The number of hydrogen-bond donors (Lipinski definition) is 2. The van der Waals surface area contributed by atoms with Crippen molar-refractivity contribution in [2.24, 2.45) is 5.10 Å². The molecule has 9 heteroatoms. The molecule has 1 aromatic heterocycles. The van der Waals surface area contributed by atoms with Gasteiger partial charge in [-0.15, -0.1) is 0 Å². The highest BCUT2D eigenvalue weighted by molar-refractivity contribution is 6.34. The summed E-state index contributed by atoms with van der Waals surface area (Å²) in [5.41, 5.74) is 3.34. The molecule has 0 atom stereocenters. The molecule has 0 saturated carbocycles. The molecule has 1 aliphatic rings. The number of nitrogens with one attached hydrogen (secondary N) is 1. The maximum absolute atomic E-state index is 13.1. The third kappa shape index (κ3) is 5.51. The average molecular weight is 540 g/mol. The van der Waals surface area contributed by atoms with Crippen LogP contribution in [0.2, 0.25) is 5.02 Å². The molecule has 8 nitrogen and oxygen atoms in total. The molecular formula is C30H22ClN3O5. The van der Waals surface area contributed by atoms with Crippen LogP contribution in [0.4, 0.5) is 5.69 Å². The molecule has 0 saturated heterocycles. The van der Waals surface area contributed by atoms with E-state index in [1.54, 1.807) is 43.3 Å². The number of amides is 2. The normalized spacial score (nSPS) is 14.0. The molecular weight excluding hydrogens is 518 g/mol. The Labute approximate surface area is 228 Å². The summed E-state index contributed by atoms with van der Waals surface area (Å²) in [6.07, 6.45) is 1.60. The molecule has 0 aliphatic carbocycles. The van der Waals surface area contributed by atoms with Gasteiger partial charge in [0.25, 0.3) is 11.8 Å². The van der Waals surface area contributed by atoms with Crippen LogP contribution in [0.25, 0.3) is 17.4 Å². The molecule has 0 radical (unpaired) electrons. The summed E-state index contributed by atoms with van der Waals surface area (Å²) in [4.78, 5) is 37.0. The highest BCUT2D eigenvalue weighted by Crippen LogP contribution is 2.30. The Morgan fingerprint density at radius 1 is 1.03 bits per heavy atom. The lowest BCUT2D eigenvalue weighted by atomic mass is 10.1. The van der Waals surface area contributed by atoms with Crippen LogP contribution < -0.4 is 10.3 Å². The van der Waals surface area contributed by atoms with Crippen molar-refractivity contribution >= 4 is 46.9 Å². The van der Waals surface area contributed by atoms with Crippen LogP contribution in [0.1, 0.15) is 39.0 Å². The van der Waals surface area contributed by atoms with Crippen LogP contribution in [0.15, 0.2) is 100 Å². The molecule has 3 aromatic carbocycles. The lowest BCUT2D eigenvalue weighted by Gasteiger charge is -2.11. The fraction of sp³-hybridized carbons (Fsp3) is 0.0667. The number of hydrogen-bond acceptors (Lipinski definition) is 5. The molecule has 1 aliphatic heterocycles. The van der Waals surface area contributed by atoms with Crippen molar-refractivity contribution < 1.29 is 23.9 Å². The number of carboxylic acids is 1. The van der Waals surface area contributed by atoms with E-state index in [1.807, 2.05) is 30.3 Å². The maximum Gasteiger partial charge on any atom is 0.335 e. The smallest absolute Gasteiger partial charge is 0.335 e. The average Bonchev–Trinajstić information content (AvgIpc) is 3.53. The molecule has 194 valence electrons. The minimum absolute atomic E-state index is 0.115. The summed E-state index contributed by atoms with van der Waals surface area (Å²) in [5.74, 6) is -0.798. The first-order valence-electron chi connectivity index (χ1n) is 12.0. The Kier molecular flexibility index (Phi) is 7.12. The molecule has 2 heterocycles. The van der Waals surface area contributed by atoms with Crippen LogP contribution in [0.5, 0.6) is 0 Å². The van der Waals surface area contributed by atoms with Gasteiger partial charge in [0, 0.05) is 12.1 Å². The first-order chi connectivity index (χ1) is 18.8. The first kappa shape index (κ1) is 25.7. The molecule has 0 spiro atoms. The Balaban J connectivity index is 1.33. The van der Waals surface area contributed by atoms with E-state index in [1.165, 1.54) is 29.3 Å². The molecule has 0 fully saturated rings. The van der Waals surface area contributed by atoms with E-state index in [9.17, 15) is 14.4 Å². The van der Waals surface area contributed by atoms with Crippen molar-refractivity contribution in [1.29, 1.82) is 0 Å². The Morgan fingerprint density at radius 2 is 1.77 bits per heavy atom. The number of carbonyl (C=O) groups excluding carboxylic acids is 2. The predicted octanol–water partition coefficient (Wildman–Crippen LogP) is 6.03. The lowest BCUT2D eigenvalue weighted by Crippen LogP contribution is -2.23. The van der Waals surface area contributed by atoms with Crippen LogP contribution in [-0.2, 0) is 11.3 Å². The number of rotatable bonds is 7. The predicted molar refractivity (Wildman–Crippen MR) is 149 cm³/mol. The Bertz CT molecular complexity index is 1640. The van der Waals surface area contributed by atoms with E-state index in [0.717, 1.165) is 5.56 Å². The van der Waals surface area contributed by atoms with Gasteiger partial charge < -0.3 is 14.8 Å². The number of halogens is 1. The SMILES string of the molecule is CC1=NN(c2ccc(C(=O)O)cc2)C(=O)/C1=C\c1ccc(-c2ccc(Cl)c(C(=O)NCc3ccccc3)c2)o1. The third-order valence-electron chi connectivity index (χ3n) is 6.13. The van der Waals surface area contributed by atoms with Gasteiger partial charge in [0.05, 0.1) is 33.1 Å². The van der Waals surface area contributed by atoms with Crippen molar-refractivity contribution in [2.75, 3.05) is 5.01 Å². The monoisotopic (exact) mass is 539 g/mol. The van der Waals surface area contributed by atoms with Gasteiger partial charge in [-0.3, -0.25) is 9.59 Å². The minimum Gasteiger partial charge on any atom is -0.478 e. The number of carboxylic acid groups (broad SMARTS) is 1. The zero-order valence-electron chi connectivity index (χ0n) is 20.7. The number of anilines is 1. The Morgan fingerprint density at radius 3 is 2.49 bits per heavy atom. The quantitative estimate of drug-likeness (QED) is 0.278. The van der Waals surface area contributed by atoms with Crippen molar-refractivity contribution in [3.63, 3.8) is 0 Å². The highest BCUT2D eigenvalue weighted by atomic mass is 35.5. The van der Waals surface area contributed by atoms with Crippen LogP contribution >= 0.6 is 11.6 Å². The summed E-state index contributed by atoms with van der Waals surface area (Å²) in [5, 5.41) is 17.8. The summed E-state index contributed by atoms with van der Waals surface area (Å²) in [7, 11) is 0. The number of aromatic carboxylic acids is 1. The second kappa shape index (κ2) is 10.8. The summed E-state index contributed by atoms with van der Waals surface area (Å²) in [6.45, 7) is 2.08. The van der Waals surface area contributed by atoms with Crippen molar-refractivity contribution in [3.05, 3.63) is 118 Å². The largest absolute Gasteiger partial charge is 0.478 e. The Hall–Kier alpha value is -4.95. The van der Waals surface area contributed by atoms with E-state index in [-0.39, 0.29) is 17.4 Å². The summed E-state index contributed by atoms with van der Waals surface area (Å²) >= 11 is 6.31. The molecule has 2 N–H and O–H groups in total. The van der Waals surface area contributed by atoms with Crippen LogP contribution in [-0.4, -0.2) is 28.6 Å². The minimum atomic E-state index is -1.05. The van der Waals surface area contributed by atoms with Crippen molar-refractivity contribution in [1.82, 2.24) is 5.32 Å². The van der Waals surface area contributed by atoms with E-state index >= 15 is 0 Å². The number of carbonyl (C=O) groups is 3. The third-order valence-corrected chi connectivity index (χ3v) is 6.46. The number of furan rings is 1. The van der Waals surface area contributed by atoms with Gasteiger partial charge in [0.15, 0.2) is 0 Å². The fourth-order valence-corrected chi connectivity index (χ4v) is 4.26. The van der Waals surface area contributed by atoms with Crippen LogP contribution in [0, 0.1) is 0 Å². The van der Waals surface area contributed by atoms with Crippen LogP contribution in [0.3, 0.4) is 0 Å². The molecule has 5 rings (SSSR count). The standard InChI is InChI=1S/C30H22ClN3O5/c1-18-24(29(36)34(33-18)22-10-7-20(8-11-22)30(37)38)16-23-12-14-27(39-23)21-9-13-26(31)25(15-21)28(35)32-17-19-5-3-2-4-6-19/h2-16H,17H2,1H3,(H,32,35)(H,37,38)/b24-16-. The second-order valence-electron chi connectivity index (χ2n) is 8.78. The number of benzene rings is 3. The van der Waals surface area contributed by atoms with Gasteiger partial charge in [0.2, 0.25) is 0 Å². The van der Waals surface area contributed by atoms with E-state index in [4.69, 9.17) is 21.1 Å². The first-order valence-corrected chi connectivity index (χ1v) is 12.3. The molecule has 4 aromatic rings. The van der Waals surface area contributed by atoms with Gasteiger partial charge in [-0.1, -0.05) is 41.9 Å². The topological polar surface area (TPSA) is 112 Å². The van der Waals surface area contributed by atoms with E-state index in [2.05, 4.69) is 10.4 Å². The fourth-order valence-electron chi connectivity index (χ4n) is 4.06. The molecule has 0 bridgehead atoms. The van der Waals surface area contributed by atoms with Gasteiger partial charge in [-0.05, 0) is 73.2 Å². The summed E-state index contributed by atoms with van der Waals surface area (Å²) in [6, 6.07) is 24.0. The van der Waals surface area contributed by atoms with E-state index < -0.39 is 5.97 Å². The molecule has 39 heavy (non-hydrogen) atoms. The van der Waals surface area contributed by atoms with E-state index in [0.29, 0.717) is 51.2 Å². The summed E-state index contributed by atoms with van der Waals surface area (Å²) < 4.78 is 5.97. The zero-order chi connectivity index (χ0) is 27.5. The van der Waals surface area contributed by atoms with Gasteiger partial charge in [0.1, 0.15) is 11.5 Å². The second-order valence-corrected chi connectivity index (χ2v) is 9.18. The van der Waals surface area contributed by atoms with Gasteiger partial charge >= 0.3 is 5.97 Å². The van der Waals surface area contributed by atoms with Crippen molar-refractivity contribution in [2.45, 2.75) is 13.5 Å². The maximum atomic E-state index is 13.1. The molecule has 0 unspecified atom stereocenters. The number of nitrogens with zero attached hydrogens (tertiary/aromatic N) is 2. The van der Waals surface area contributed by atoms with Gasteiger partial charge in [-0.25, -0.2) is 4.79 Å². The lowest BCUT2D eigenvalue weighted by molar-refractivity contribution is -0.114. The number of hydrazone groups is 1. The zero-order valence-corrected chi connectivity index (χ0v) is 21.5. The van der Waals surface area contributed by atoms with Crippen molar-refractivity contribution in [3.8, 4) is 11.3 Å². The molecule has 2 amide bonds. The van der Waals surface area contributed by atoms with Gasteiger partial charge in [-0.2, -0.15) is 10.1 Å².